The van der Waals surface area contributed by atoms with Gasteiger partial charge in [-0.15, -0.1) is 0 Å². The number of halogens is 3. The highest BCUT2D eigenvalue weighted by Crippen LogP contribution is 2.32. The Bertz CT molecular complexity index is 785. The molecule has 0 aliphatic carbocycles. The molecule has 2 aromatic carbocycles. The standard InChI is InChI=1S/C23H28F3N3/c24-23(25,26)20-8-4-9-21(16-20)28-12-14-29(15-13-28)22-10-5-11-27(18-22)17-19-6-2-1-3-7-19/h1-4,6-9,16,22H,5,10-15,17-18H2/t22-/m1/s1. The maximum Gasteiger partial charge on any atom is 0.416 e. The fraction of sp³-hybridized carbons (Fsp3) is 0.478. The molecular weight excluding hydrogens is 375 g/mol. The Morgan fingerprint density at radius 2 is 1.62 bits per heavy atom. The number of hydrogen-bond donors (Lipinski definition) is 0. The van der Waals surface area contributed by atoms with Gasteiger partial charge in [0.15, 0.2) is 0 Å². The first-order valence-corrected chi connectivity index (χ1v) is 10.4. The zero-order valence-corrected chi connectivity index (χ0v) is 16.6. The minimum Gasteiger partial charge on any atom is -0.369 e. The second kappa shape index (κ2) is 8.76. The number of piperidine rings is 1. The first kappa shape index (κ1) is 20.2. The Morgan fingerprint density at radius 1 is 0.862 bits per heavy atom. The minimum atomic E-state index is -4.29. The van der Waals surface area contributed by atoms with E-state index in [4.69, 9.17) is 0 Å². The van der Waals surface area contributed by atoms with Crippen LogP contribution in [0.3, 0.4) is 0 Å². The van der Waals surface area contributed by atoms with Crippen LogP contribution < -0.4 is 4.90 Å². The lowest BCUT2D eigenvalue weighted by Gasteiger charge is -2.44. The fourth-order valence-electron chi connectivity index (χ4n) is 4.54. The zero-order chi connectivity index (χ0) is 20.3. The zero-order valence-electron chi connectivity index (χ0n) is 16.6. The number of likely N-dealkylation sites (tertiary alicyclic amines) is 1. The molecule has 2 aliphatic heterocycles. The highest BCUT2D eigenvalue weighted by atomic mass is 19.4. The lowest BCUT2D eigenvalue weighted by Crippen LogP contribution is -2.55. The quantitative estimate of drug-likeness (QED) is 0.745. The highest BCUT2D eigenvalue weighted by Gasteiger charge is 2.32. The summed E-state index contributed by atoms with van der Waals surface area (Å²) in [5.74, 6) is 0. The van der Waals surface area contributed by atoms with Crippen molar-refractivity contribution in [1.29, 1.82) is 0 Å². The maximum absolute atomic E-state index is 13.0. The van der Waals surface area contributed by atoms with Gasteiger partial charge in [-0.3, -0.25) is 9.80 Å². The molecule has 1 atom stereocenters. The van der Waals surface area contributed by atoms with Crippen molar-refractivity contribution in [3.05, 3.63) is 65.7 Å². The van der Waals surface area contributed by atoms with Gasteiger partial charge in [0, 0.05) is 51.0 Å². The molecule has 4 rings (SSSR count). The lowest BCUT2D eigenvalue weighted by molar-refractivity contribution is -0.137. The number of benzene rings is 2. The first-order chi connectivity index (χ1) is 14.0. The van der Waals surface area contributed by atoms with E-state index in [0.29, 0.717) is 11.7 Å². The molecule has 2 saturated heterocycles. The van der Waals surface area contributed by atoms with Crippen LogP contribution >= 0.6 is 0 Å². The number of piperazine rings is 1. The number of rotatable bonds is 4. The van der Waals surface area contributed by atoms with Gasteiger partial charge in [0.1, 0.15) is 0 Å². The van der Waals surface area contributed by atoms with E-state index in [2.05, 4.69) is 39.0 Å². The molecule has 0 N–H and O–H groups in total. The van der Waals surface area contributed by atoms with Crippen LogP contribution in [-0.4, -0.2) is 55.1 Å². The second-order valence-electron chi connectivity index (χ2n) is 8.09. The summed E-state index contributed by atoms with van der Waals surface area (Å²) in [6.07, 6.45) is -1.89. The number of anilines is 1. The van der Waals surface area contributed by atoms with E-state index in [-0.39, 0.29) is 0 Å². The van der Waals surface area contributed by atoms with Gasteiger partial charge < -0.3 is 4.90 Å². The van der Waals surface area contributed by atoms with Crippen molar-refractivity contribution in [1.82, 2.24) is 9.80 Å². The van der Waals surface area contributed by atoms with Crippen LogP contribution in [0.1, 0.15) is 24.0 Å². The Labute approximate surface area is 170 Å². The molecule has 0 unspecified atom stereocenters. The smallest absolute Gasteiger partial charge is 0.369 e. The molecule has 0 saturated carbocycles. The third-order valence-electron chi connectivity index (χ3n) is 6.10. The van der Waals surface area contributed by atoms with Gasteiger partial charge >= 0.3 is 6.18 Å². The van der Waals surface area contributed by atoms with Crippen LogP contribution in [0.2, 0.25) is 0 Å². The molecule has 2 heterocycles. The Morgan fingerprint density at radius 3 is 2.34 bits per heavy atom. The third kappa shape index (κ3) is 5.11. The van der Waals surface area contributed by atoms with Gasteiger partial charge in [0.05, 0.1) is 5.56 Å². The summed E-state index contributed by atoms with van der Waals surface area (Å²) in [5.41, 5.74) is 1.46. The SMILES string of the molecule is FC(F)(F)c1cccc(N2CCN([C@@H]3CCCN(Cc4ccccc4)C3)CC2)c1. The first-order valence-electron chi connectivity index (χ1n) is 10.4. The molecule has 2 fully saturated rings. The van der Waals surface area contributed by atoms with Crippen molar-refractivity contribution in [2.24, 2.45) is 0 Å². The van der Waals surface area contributed by atoms with E-state index in [9.17, 15) is 13.2 Å². The summed E-state index contributed by atoms with van der Waals surface area (Å²) in [5, 5.41) is 0. The molecule has 0 amide bonds. The topological polar surface area (TPSA) is 9.72 Å². The minimum absolute atomic E-state index is 0.538. The number of alkyl halides is 3. The van der Waals surface area contributed by atoms with Gasteiger partial charge in [0.25, 0.3) is 0 Å². The predicted molar refractivity (Wildman–Crippen MR) is 110 cm³/mol. The molecule has 0 spiro atoms. The van der Waals surface area contributed by atoms with Crippen LogP contribution in [-0.2, 0) is 12.7 Å². The molecule has 29 heavy (non-hydrogen) atoms. The average Bonchev–Trinajstić information content (AvgIpc) is 2.74. The van der Waals surface area contributed by atoms with Crippen LogP contribution in [0.4, 0.5) is 18.9 Å². The molecule has 0 bridgehead atoms. The van der Waals surface area contributed by atoms with Gasteiger partial charge in [-0.05, 0) is 43.1 Å². The Balaban J connectivity index is 1.32. The summed E-state index contributed by atoms with van der Waals surface area (Å²) in [6.45, 7) is 6.54. The van der Waals surface area contributed by atoms with Crippen molar-refractivity contribution >= 4 is 5.69 Å². The largest absolute Gasteiger partial charge is 0.416 e. The van der Waals surface area contributed by atoms with E-state index >= 15 is 0 Å². The fourth-order valence-corrected chi connectivity index (χ4v) is 4.54. The van der Waals surface area contributed by atoms with Gasteiger partial charge in [-0.2, -0.15) is 13.2 Å². The summed E-state index contributed by atoms with van der Waals surface area (Å²) in [6, 6.07) is 16.8. The van der Waals surface area contributed by atoms with E-state index < -0.39 is 11.7 Å². The van der Waals surface area contributed by atoms with Crippen LogP contribution in [0, 0.1) is 0 Å². The summed E-state index contributed by atoms with van der Waals surface area (Å²) in [7, 11) is 0. The maximum atomic E-state index is 13.0. The van der Waals surface area contributed by atoms with E-state index in [0.717, 1.165) is 51.9 Å². The van der Waals surface area contributed by atoms with Crippen LogP contribution in [0.15, 0.2) is 54.6 Å². The van der Waals surface area contributed by atoms with Crippen LogP contribution in [0.5, 0.6) is 0 Å². The second-order valence-corrected chi connectivity index (χ2v) is 8.09. The Kier molecular flexibility index (Phi) is 6.11. The predicted octanol–water partition coefficient (Wildman–Crippen LogP) is 4.49. The monoisotopic (exact) mass is 403 g/mol. The van der Waals surface area contributed by atoms with Crippen molar-refractivity contribution < 1.29 is 13.2 Å². The van der Waals surface area contributed by atoms with Gasteiger partial charge in [-0.25, -0.2) is 0 Å². The molecule has 0 radical (unpaired) electrons. The average molecular weight is 403 g/mol. The molecule has 156 valence electrons. The molecule has 0 aromatic heterocycles. The van der Waals surface area contributed by atoms with Gasteiger partial charge in [-0.1, -0.05) is 36.4 Å². The number of hydrogen-bond acceptors (Lipinski definition) is 3. The van der Waals surface area contributed by atoms with E-state index in [1.165, 1.54) is 30.5 Å². The van der Waals surface area contributed by atoms with Crippen molar-refractivity contribution in [3.8, 4) is 0 Å². The van der Waals surface area contributed by atoms with Gasteiger partial charge in [0.2, 0.25) is 0 Å². The highest BCUT2D eigenvalue weighted by molar-refractivity contribution is 5.49. The molecule has 2 aromatic rings. The third-order valence-corrected chi connectivity index (χ3v) is 6.10. The molecule has 2 aliphatic rings. The van der Waals surface area contributed by atoms with E-state index in [1.54, 1.807) is 6.07 Å². The molecular formula is C23H28F3N3. The number of nitrogens with zero attached hydrogens (tertiary/aromatic N) is 3. The molecule has 6 heteroatoms. The lowest BCUT2D eigenvalue weighted by atomic mass is 10.0. The van der Waals surface area contributed by atoms with Crippen molar-refractivity contribution in [3.63, 3.8) is 0 Å². The van der Waals surface area contributed by atoms with Crippen molar-refractivity contribution in [2.45, 2.75) is 31.6 Å². The Hall–Kier alpha value is -2.05. The molecule has 3 nitrogen and oxygen atoms in total. The van der Waals surface area contributed by atoms with Crippen molar-refractivity contribution in [2.75, 3.05) is 44.2 Å². The van der Waals surface area contributed by atoms with Crippen LogP contribution in [0.25, 0.3) is 0 Å². The summed E-state index contributed by atoms with van der Waals surface area (Å²) >= 11 is 0. The summed E-state index contributed by atoms with van der Waals surface area (Å²) in [4.78, 5) is 7.14. The van der Waals surface area contributed by atoms with E-state index in [1.807, 2.05) is 6.07 Å². The normalized spacial score (nSPS) is 22.0. The summed E-state index contributed by atoms with van der Waals surface area (Å²) < 4.78 is 39.0.